The summed E-state index contributed by atoms with van der Waals surface area (Å²) in [5, 5.41) is 2.72. The average Bonchev–Trinajstić information content (AvgIpc) is 2.32. The van der Waals surface area contributed by atoms with E-state index in [0.29, 0.717) is 0 Å². The molecule has 0 spiro atoms. The Bertz CT molecular complexity index is 134. The third kappa shape index (κ3) is 2.07. The van der Waals surface area contributed by atoms with Gasteiger partial charge in [-0.05, 0) is 6.42 Å². The standard InChI is InChI=1S/C6H11F3N2/c7-6(8,9)4-1-5(2-10)11-3-4/h4-5,11H,1-3,10H2. The van der Waals surface area contributed by atoms with Crippen molar-refractivity contribution in [3.63, 3.8) is 0 Å². The minimum absolute atomic E-state index is 0.0192. The lowest BCUT2D eigenvalue weighted by Crippen LogP contribution is -2.29. The van der Waals surface area contributed by atoms with Crippen molar-refractivity contribution in [3.8, 4) is 0 Å². The number of nitrogens with one attached hydrogen (secondary N) is 1. The number of hydrogen-bond acceptors (Lipinski definition) is 2. The van der Waals surface area contributed by atoms with Crippen molar-refractivity contribution < 1.29 is 13.2 Å². The Balaban J connectivity index is 2.42. The highest BCUT2D eigenvalue weighted by Crippen LogP contribution is 2.31. The SMILES string of the molecule is NCC1CC(C(F)(F)F)CN1. The van der Waals surface area contributed by atoms with Gasteiger partial charge in [-0.3, -0.25) is 0 Å². The van der Waals surface area contributed by atoms with Crippen LogP contribution in [0.4, 0.5) is 13.2 Å². The van der Waals surface area contributed by atoms with Gasteiger partial charge in [0.15, 0.2) is 0 Å². The van der Waals surface area contributed by atoms with Gasteiger partial charge in [-0.25, -0.2) is 0 Å². The van der Waals surface area contributed by atoms with Crippen molar-refractivity contribution in [2.75, 3.05) is 13.1 Å². The summed E-state index contributed by atoms with van der Waals surface area (Å²) in [6.07, 6.45) is -3.93. The van der Waals surface area contributed by atoms with E-state index < -0.39 is 12.1 Å². The van der Waals surface area contributed by atoms with Crippen LogP contribution in [0.3, 0.4) is 0 Å². The van der Waals surface area contributed by atoms with Gasteiger partial charge in [0.2, 0.25) is 0 Å². The molecule has 1 aliphatic rings. The van der Waals surface area contributed by atoms with Crippen LogP contribution in [-0.2, 0) is 0 Å². The highest BCUT2D eigenvalue weighted by Gasteiger charge is 2.43. The summed E-state index contributed by atoms with van der Waals surface area (Å²) in [6.45, 7) is 0.304. The van der Waals surface area contributed by atoms with Gasteiger partial charge in [-0.15, -0.1) is 0 Å². The lowest BCUT2D eigenvalue weighted by atomic mass is 10.1. The predicted octanol–water partition coefficient (Wildman–Crippen LogP) is 0.485. The molecule has 5 heteroatoms. The smallest absolute Gasteiger partial charge is 0.329 e. The van der Waals surface area contributed by atoms with Gasteiger partial charge < -0.3 is 11.1 Å². The molecular weight excluding hydrogens is 157 g/mol. The van der Waals surface area contributed by atoms with E-state index in [1.54, 1.807) is 0 Å². The van der Waals surface area contributed by atoms with E-state index in [-0.39, 0.29) is 25.6 Å². The van der Waals surface area contributed by atoms with Crippen LogP contribution < -0.4 is 11.1 Å². The summed E-state index contributed by atoms with van der Waals surface area (Å²) >= 11 is 0. The number of alkyl halides is 3. The fourth-order valence-electron chi connectivity index (χ4n) is 1.25. The Morgan fingerprint density at radius 3 is 2.36 bits per heavy atom. The van der Waals surface area contributed by atoms with Crippen molar-refractivity contribution in [3.05, 3.63) is 0 Å². The highest BCUT2D eigenvalue weighted by atomic mass is 19.4. The van der Waals surface area contributed by atoms with Gasteiger partial charge in [0.05, 0.1) is 5.92 Å². The number of hydrogen-bond donors (Lipinski definition) is 2. The van der Waals surface area contributed by atoms with Crippen molar-refractivity contribution >= 4 is 0 Å². The van der Waals surface area contributed by atoms with E-state index in [1.807, 2.05) is 0 Å². The van der Waals surface area contributed by atoms with Crippen LogP contribution in [0.2, 0.25) is 0 Å². The molecule has 66 valence electrons. The third-order valence-corrected chi connectivity index (χ3v) is 1.97. The fraction of sp³-hybridized carbons (Fsp3) is 1.00. The normalized spacial score (nSPS) is 32.7. The molecule has 1 saturated heterocycles. The summed E-state index contributed by atoms with van der Waals surface area (Å²) in [6, 6.07) is -0.151. The van der Waals surface area contributed by atoms with E-state index in [9.17, 15) is 13.2 Å². The summed E-state index contributed by atoms with van der Waals surface area (Å²) in [4.78, 5) is 0. The molecule has 2 atom stereocenters. The van der Waals surface area contributed by atoms with Gasteiger partial charge in [0.25, 0.3) is 0 Å². The maximum Gasteiger partial charge on any atom is 0.393 e. The Hall–Kier alpha value is -0.290. The van der Waals surface area contributed by atoms with E-state index in [2.05, 4.69) is 5.32 Å². The van der Waals surface area contributed by atoms with Gasteiger partial charge in [-0.1, -0.05) is 0 Å². The van der Waals surface area contributed by atoms with Crippen LogP contribution in [0.5, 0.6) is 0 Å². The van der Waals surface area contributed by atoms with Crippen LogP contribution in [0.15, 0.2) is 0 Å². The third-order valence-electron chi connectivity index (χ3n) is 1.97. The van der Waals surface area contributed by atoms with E-state index >= 15 is 0 Å². The minimum Gasteiger partial charge on any atom is -0.329 e. The second-order valence-corrected chi connectivity index (χ2v) is 2.82. The van der Waals surface area contributed by atoms with Crippen molar-refractivity contribution in [1.82, 2.24) is 5.32 Å². The Labute approximate surface area is 62.9 Å². The fourth-order valence-corrected chi connectivity index (χ4v) is 1.25. The first-order valence-electron chi connectivity index (χ1n) is 3.54. The van der Waals surface area contributed by atoms with Crippen molar-refractivity contribution in [2.45, 2.75) is 18.6 Å². The first-order chi connectivity index (χ1) is 5.04. The largest absolute Gasteiger partial charge is 0.393 e. The summed E-state index contributed by atoms with van der Waals surface area (Å²) < 4.78 is 36.0. The van der Waals surface area contributed by atoms with Crippen LogP contribution in [0.25, 0.3) is 0 Å². The molecule has 0 aliphatic carbocycles. The Kier molecular flexibility index (Phi) is 2.39. The second kappa shape index (κ2) is 2.98. The zero-order valence-corrected chi connectivity index (χ0v) is 5.99. The van der Waals surface area contributed by atoms with E-state index in [1.165, 1.54) is 0 Å². The first kappa shape index (κ1) is 8.80. The molecule has 0 aromatic heterocycles. The molecular formula is C6H11F3N2. The highest BCUT2D eigenvalue weighted by molar-refractivity contribution is 4.85. The Morgan fingerprint density at radius 2 is 2.09 bits per heavy atom. The molecule has 2 nitrogen and oxygen atoms in total. The van der Waals surface area contributed by atoms with E-state index in [4.69, 9.17) is 5.73 Å². The average molecular weight is 168 g/mol. The van der Waals surface area contributed by atoms with Crippen LogP contribution in [0, 0.1) is 5.92 Å². The van der Waals surface area contributed by atoms with Gasteiger partial charge >= 0.3 is 6.18 Å². The molecule has 0 aromatic rings. The van der Waals surface area contributed by atoms with Crippen LogP contribution in [-0.4, -0.2) is 25.3 Å². The molecule has 0 aromatic carbocycles. The molecule has 1 aliphatic heterocycles. The summed E-state index contributed by atoms with van der Waals surface area (Å²) in [5.74, 6) is -1.20. The van der Waals surface area contributed by atoms with Crippen molar-refractivity contribution in [2.24, 2.45) is 11.7 Å². The molecule has 1 fully saturated rings. The van der Waals surface area contributed by atoms with Crippen LogP contribution >= 0.6 is 0 Å². The maximum atomic E-state index is 12.0. The molecule has 0 amide bonds. The van der Waals surface area contributed by atoms with Gasteiger partial charge in [0.1, 0.15) is 0 Å². The maximum absolute atomic E-state index is 12.0. The molecule has 11 heavy (non-hydrogen) atoms. The minimum atomic E-state index is -4.06. The first-order valence-corrected chi connectivity index (χ1v) is 3.54. The van der Waals surface area contributed by atoms with E-state index in [0.717, 1.165) is 0 Å². The molecule has 0 radical (unpaired) electrons. The molecule has 3 N–H and O–H groups in total. The molecule has 1 heterocycles. The molecule has 0 bridgehead atoms. The lowest BCUT2D eigenvalue weighted by molar-refractivity contribution is -0.169. The Morgan fingerprint density at radius 1 is 1.45 bits per heavy atom. The quantitative estimate of drug-likeness (QED) is 0.597. The number of halogens is 3. The van der Waals surface area contributed by atoms with Gasteiger partial charge in [0, 0.05) is 19.1 Å². The van der Waals surface area contributed by atoms with Gasteiger partial charge in [-0.2, -0.15) is 13.2 Å². The van der Waals surface area contributed by atoms with Crippen LogP contribution in [0.1, 0.15) is 6.42 Å². The zero-order valence-electron chi connectivity index (χ0n) is 5.99. The number of nitrogens with two attached hydrogens (primary N) is 1. The lowest BCUT2D eigenvalue weighted by Gasteiger charge is -2.12. The second-order valence-electron chi connectivity index (χ2n) is 2.82. The molecule has 1 rings (SSSR count). The predicted molar refractivity (Wildman–Crippen MR) is 35.0 cm³/mol. The summed E-state index contributed by atoms with van der Waals surface area (Å²) in [5.41, 5.74) is 5.21. The number of rotatable bonds is 1. The summed E-state index contributed by atoms with van der Waals surface area (Å²) in [7, 11) is 0. The topological polar surface area (TPSA) is 38.0 Å². The molecule has 0 saturated carbocycles. The van der Waals surface area contributed by atoms with Crippen molar-refractivity contribution in [1.29, 1.82) is 0 Å². The monoisotopic (exact) mass is 168 g/mol. The molecule has 2 unspecified atom stereocenters. The zero-order chi connectivity index (χ0) is 8.48.